The van der Waals surface area contributed by atoms with Gasteiger partial charge in [0.2, 0.25) is 5.91 Å². The van der Waals surface area contributed by atoms with Gasteiger partial charge in [-0.1, -0.05) is 44.7 Å². The highest BCUT2D eigenvalue weighted by Gasteiger charge is 2.21. The zero-order valence-electron chi connectivity index (χ0n) is 21.2. The van der Waals surface area contributed by atoms with Crippen LogP contribution in [0.4, 0.5) is 5.69 Å². The summed E-state index contributed by atoms with van der Waals surface area (Å²) < 4.78 is 18.6. The van der Waals surface area contributed by atoms with E-state index >= 15 is 0 Å². The van der Waals surface area contributed by atoms with Crippen LogP contribution in [-0.4, -0.2) is 40.1 Å². The minimum atomic E-state index is -0.405. The van der Waals surface area contributed by atoms with Gasteiger partial charge in [-0.15, -0.1) is 10.2 Å². The zero-order valence-corrected chi connectivity index (χ0v) is 22.0. The van der Waals surface area contributed by atoms with Gasteiger partial charge in [0.05, 0.1) is 19.5 Å². The lowest BCUT2D eigenvalue weighted by atomic mass is 10.2. The molecule has 0 aliphatic heterocycles. The number of carbonyl (C=O) groups excluding carboxylic acids is 1. The number of nitrogens with zero attached hydrogens (tertiary/aromatic N) is 3. The molecule has 0 radical (unpaired) electrons. The lowest BCUT2D eigenvalue weighted by Crippen LogP contribution is -2.23. The monoisotopic (exact) mass is 498 g/mol. The highest BCUT2D eigenvalue weighted by Crippen LogP contribution is 2.28. The second kappa shape index (κ2) is 12.5. The average molecular weight is 499 g/mol. The summed E-state index contributed by atoms with van der Waals surface area (Å²) >= 11 is 1.37. The van der Waals surface area contributed by atoms with Gasteiger partial charge in [-0.3, -0.25) is 4.79 Å². The van der Waals surface area contributed by atoms with Gasteiger partial charge in [-0.05, 0) is 37.0 Å². The Balaban J connectivity index is 1.70. The van der Waals surface area contributed by atoms with Crippen molar-refractivity contribution in [2.24, 2.45) is 5.92 Å². The number of hydrogen-bond acceptors (Lipinski definition) is 7. The Bertz CT molecular complexity index is 1090. The van der Waals surface area contributed by atoms with Crippen LogP contribution in [0.5, 0.6) is 17.2 Å². The molecule has 1 heterocycles. The number of aryl methyl sites for hydroxylation is 1. The maximum absolute atomic E-state index is 12.9. The normalized spacial score (nSPS) is 11.9. The molecule has 0 aliphatic rings. The van der Waals surface area contributed by atoms with Crippen molar-refractivity contribution in [1.29, 1.82) is 0 Å². The van der Waals surface area contributed by atoms with Gasteiger partial charge in [0.15, 0.2) is 11.0 Å². The van der Waals surface area contributed by atoms with Gasteiger partial charge in [-0.25, -0.2) is 0 Å². The third-order valence-electron chi connectivity index (χ3n) is 5.31. The number of carbonyl (C=O) groups is 1. The van der Waals surface area contributed by atoms with Crippen molar-refractivity contribution >= 4 is 23.4 Å². The van der Waals surface area contributed by atoms with Crippen molar-refractivity contribution in [3.05, 3.63) is 53.9 Å². The van der Waals surface area contributed by atoms with E-state index in [9.17, 15) is 4.79 Å². The van der Waals surface area contributed by atoms with Crippen LogP contribution in [0.15, 0.2) is 47.6 Å². The van der Waals surface area contributed by atoms with Gasteiger partial charge in [0.25, 0.3) is 0 Å². The molecule has 3 rings (SSSR count). The van der Waals surface area contributed by atoms with Crippen molar-refractivity contribution in [1.82, 2.24) is 14.8 Å². The SMILES string of the molecule is CCc1ccc(OCc2nnc(SC(C)C(=O)Nc3cc(OC)cc(OC)c3)n2CC(C)C)cc1. The maximum atomic E-state index is 12.9. The molecular weight excluding hydrogens is 464 g/mol. The minimum Gasteiger partial charge on any atom is -0.497 e. The van der Waals surface area contributed by atoms with Crippen LogP contribution >= 0.6 is 11.8 Å². The molecule has 0 saturated carbocycles. The van der Waals surface area contributed by atoms with E-state index in [0.29, 0.717) is 34.9 Å². The second-order valence-corrected chi connectivity index (χ2v) is 9.85. The van der Waals surface area contributed by atoms with Gasteiger partial charge in [-0.2, -0.15) is 0 Å². The van der Waals surface area contributed by atoms with Gasteiger partial charge < -0.3 is 24.1 Å². The first-order chi connectivity index (χ1) is 16.8. The van der Waals surface area contributed by atoms with Crippen molar-refractivity contribution in [3.63, 3.8) is 0 Å². The molecule has 1 unspecified atom stereocenters. The molecule has 1 N–H and O–H groups in total. The molecule has 1 aromatic heterocycles. The molecular formula is C26H34N4O4S. The molecule has 8 nitrogen and oxygen atoms in total. The molecule has 3 aromatic rings. The molecule has 188 valence electrons. The van der Waals surface area contributed by atoms with E-state index in [-0.39, 0.29) is 5.91 Å². The molecule has 1 amide bonds. The van der Waals surface area contributed by atoms with Crippen molar-refractivity contribution in [2.45, 2.75) is 57.7 Å². The summed E-state index contributed by atoms with van der Waals surface area (Å²) in [4.78, 5) is 12.9. The zero-order chi connectivity index (χ0) is 25.4. The number of amides is 1. The van der Waals surface area contributed by atoms with Crippen LogP contribution in [0.2, 0.25) is 0 Å². The summed E-state index contributed by atoms with van der Waals surface area (Å²) in [5.41, 5.74) is 1.86. The number of hydrogen-bond donors (Lipinski definition) is 1. The van der Waals surface area contributed by atoms with E-state index in [4.69, 9.17) is 14.2 Å². The third-order valence-corrected chi connectivity index (χ3v) is 6.39. The van der Waals surface area contributed by atoms with Crippen LogP contribution in [0.3, 0.4) is 0 Å². The predicted octanol–water partition coefficient (Wildman–Crippen LogP) is 5.21. The molecule has 1 atom stereocenters. The summed E-state index contributed by atoms with van der Waals surface area (Å²) in [6.07, 6.45) is 0.987. The van der Waals surface area contributed by atoms with E-state index < -0.39 is 5.25 Å². The molecule has 2 aromatic carbocycles. The molecule has 9 heteroatoms. The largest absolute Gasteiger partial charge is 0.497 e. The molecule has 0 aliphatic carbocycles. The fourth-order valence-electron chi connectivity index (χ4n) is 3.37. The number of benzene rings is 2. The smallest absolute Gasteiger partial charge is 0.237 e. The Morgan fingerprint density at radius 3 is 2.23 bits per heavy atom. The number of thioether (sulfide) groups is 1. The Hall–Kier alpha value is -3.20. The number of nitrogens with one attached hydrogen (secondary N) is 1. The summed E-state index contributed by atoms with van der Waals surface area (Å²) in [6.45, 7) is 9.26. The fourth-order valence-corrected chi connectivity index (χ4v) is 4.24. The van der Waals surface area contributed by atoms with Crippen molar-refractivity contribution in [3.8, 4) is 17.2 Å². The van der Waals surface area contributed by atoms with Gasteiger partial charge >= 0.3 is 0 Å². The summed E-state index contributed by atoms with van der Waals surface area (Å²) in [5.74, 6) is 2.94. The second-order valence-electron chi connectivity index (χ2n) is 8.54. The summed E-state index contributed by atoms with van der Waals surface area (Å²) in [6, 6.07) is 13.3. The van der Waals surface area contributed by atoms with E-state index in [2.05, 4.69) is 48.4 Å². The highest BCUT2D eigenvalue weighted by atomic mass is 32.2. The Labute approximate surface area is 211 Å². The Morgan fingerprint density at radius 2 is 1.66 bits per heavy atom. The topological polar surface area (TPSA) is 87.5 Å². The quantitative estimate of drug-likeness (QED) is 0.343. The number of rotatable bonds is 12. The Kier molecular flexibility index (Phi) is 9.42. The summed E-state index contributed by atoms with van der Waals surface area (Å²) in [5, 5.41) is 11.9. The maximum Gasteiger partial charge on any atom is 0.237 e. The number of aromatic nitrogens is 3. The lowest BCUT2D eigenvalue weighted by Gasteiger charge is -2.16. The number of anilines is 1. The first-order valence-corrected chi connectivity index (χ1v) is 12.5. The van der Waals surface area contributed by atoms with E-state index in [1.54, 1.807) is 32.4 Å². The van der Waals surface area contributed by atoms with Crippen LogP contribution < -0.4 is 19.5 Å². The molecule has 0 spiro atoms. The highest BCUT2D eigenvalue weighted by molar-refractivity contribution is 8.00. The van der Waals surface area contributed by atoms with Crippen molar-refractivity contribution in [2.75, 3.05) is 19.5 Å². The third kappa shape index (κ3) is 7.39. The lowest BCUT2D eigenvalue weighted by molar-refractivity contribution is -0.115. The number of methoxy groups -OCH3 is 2. The average Bonchev–Trinajstić information content (AvgIpc) is 3.22. The Morgan fingerprint density at radius 1 is 1.00 bits per heavy atom. The molecule has 0 fully saturated rings. The van der Waals surface area contributed by atoms with Crippen LogP contribution in [0.1, 0.15) is 39.1 Å². The predicted molar refractivity (Wildman–Crippen MR) is 139 cm³/mol. The molecule has 0 saturated heterocycles. The van der Waals surface area contributed by atoms with Crippen LogP contribution in [0.25, 0.3) is 0 Å². The number of ether oxygens (including phenoxy) is 3. The van der Waals surface area contributed by atoms with Crippen molar-refractivity contribution < 1.29 is 19.0 Å². The minimum absolute atomic E-state index is 0.154. The van der Waals surface area contributed by atoms with Crippen LogP contribution in [0, 0.1) is 5.92 Å². The first-order valence-electron chi connectivity index (χ1n) is 11.7. The van der Waals surface area contributed by atoms with Gasteiger partial charge in [0.1, 0.15) is 23.9 Å². The van der Waals surface area contributed by atoms with Crippen LogP contribution in [-0.2, 0) is 24.4 Å². The van der Waals surface area contributed by atoms with E-state index in [1.165, 1.54) is 17.3 Å². The standard InChI is InChI=1S/C26H34N4O4S/c1-7-19-8-10-21(11-9-19)34-16-24-28-29-26(30(24)15-17(2)3)35-18(4)25(31)27-20-12-22(32-5)14-23(13-20)33-6/h8-14,17-18H,7,15-16H2,1-6H3,(H,27,31). The van der Waals surface area contributed by atoms with Gasteiger partial charge in [0, 0.05) is 30.4 Å². The first kappa shape index (κ1) is 26.4. The molecule has 35 heavy (non-hydrogen) atoms. The summed E-state index contributed by atoms with van der Waals surface area (Å²) in [7, 11) is 3.14. The molecule has 0 bridgehead atoms. The van der Waals surface area contributed by atoms with E-state index in [0.717, 1.165) is 24.5 Å². The van der Waals surface area contributed by atoms with E-state index in [1.807, 2.05) is 23.6 Å². The fraction of sp³-hybridized carbons (Fsp3) is 0.423.